The second-order valence-corrected chi connectivity index (χ2v) is 7.82. The van der Waals surface area contributed by atoms with Gasteiger partial charge in [0.05, 0.1) is 0 Å². The molecule has 5 heteroatoms. The third kappa shape index (κ3) is 4.85. The zero-order valence-corrected chi connectivity index (χ0v) is 16.6. The molecule has 26 heavy (non-hydrogen) atoms. The summed E-state index contributed by atoms with van der Waals surface area (Å²) in [6.45, 7) is 9.55. The van der Waals surface area contributed by atoms with E-state index in [0.29, 0.717) is 10.7 Å². The molecule has 2 aromatic rings. The van der Waals surface area contributed by atoms with Gasteiger partial charge in [-0.3, -0.25) is 9.59 Å². The summed E-state index contributed by atoms with van der Waals surface area (Å²) in [5, 5.41) is 3.40. The Bertz CT molecular complexity index is 825. The van der Waals surface area contributed by atoms with Gasteiger partial charge in [0.2, 0.25) is 11.8 Å². The Labute approximate surface area is 160 Å². The van der Waals surface area contributed by atoms with Crippen molar-refractivity contribution >= 4 is 34.8 Å². The number of carbonyl (C=O) groups excluding carboxylic acids is 2. The Morgan fingerprint density at radius 1 is 1.12 bits per heavy atom. The van der Waals surface area contributed by atoms with Crippen LogP contribution in [0.5, 0.6) is 0 Å². The number of hydrogen-bond acceptors (Lipinski definition) is 2. The molecule has 0 heterocycles. The number of nitrogens with one attached hydrogen (secondary N) is 1. The molecule has 0 bridgehead atoms. The van der Waals surface area contributed by atoms with Crippen LogP contribution in [0.2, 0.25) is 5.02 Å². The monoisotopic (exact) mass is 372 g/mol. The molecular formula is C21H25ClN2O2. The van der Waals surface area contributed by atoms with E-state index in [1.165, 1.54) is 11.8 Å². The summed E-state index contributed by atoms with van der Waals surface area (Å²) < 4.78 is 0. The third-order valence-electron chi connectivity index (χ3n) is 4.16. The van der Waals surface area contributed by atoms with Gasteiger partial charge in [0.15, 0.2) is 0 Å². The summed E-state index contributed by atoms with van der Waals surface area (Å²) in [7, 11) is 0. The van der Waals surface area contributed by atoms with Gasteiger partial charge in [-0.15, -0.1) is 0 Å². The molecule has 138 valence electrons. The Hall–Kier alpha value is -2.33. The van der Waals surface area contributed by atoms with E-state index < -0.39 is 0 Å². The van der Waals surface area contributed by atoms with E-state index in [-0.39, 0.29) is 23.8 Å². The lowest BCUT2D eigenvalue weighted by Crippen LogP contribution is -2.38. The van der Waals surface area contributed by atoms with Gasteiger partial charge in [0.1, 0.15) is 6.54 Å². The van der Waals surface area contributed by atoms with Gasteiger partial charge in [-0.2, -0.15) is 0 Å². The van der Waals surface area contributed by atoms with Crippen LogP contribution < -0.4 is 10.2 Å². The fourth-order valence-corrected chi connectivity index (χ4v) is 2.94. The van der Waals surface area contributed by atoms with E-state index in [1.807, 2.05) is 37.3 Å². The van der Waals surface area contributed by atoms with Crippen LogP contribution in [0.3, 0.4) is 0 Å². The van der Waals surface area contributed by atoms with Crippen LogP contribution >= 0.6 is 11.6 Å². The standard InChI is InChI=1S/C21H25ClN2O2/c1-14-10-11-16(22)12-18(14)23-20(26)13-24(15(2)25)19-9-7-6-8-17(19)21(3,4)5/h6-12H,13H2,1-5H3,(H,23,26). The number of benzene rings is 2. The predicted molar refractivity (Wildman–Crippen MR) is 108 cm³/mol. The highest BCUT2D eigenvalue weighted by Gasteiger charge is 2.24. The maximum atomic E-state index is 12.6. The van der Waals surface area contributed by atoms with Crippen molar-refractivity contribution in [3.8, 4) is 0 Å². The minimum atomic E-state index is -0.269. The zero-order valence-electron chi connectivity index (χ0n) is 15.9. The molecule has 0 fully saturated rings. The van der Waals surface area contributed by atoms with Gasteiger partial charge < -0.3 is 10.2 Å². The fourth-order valence-electron chi connectivity index (χ4n) is 2.77. The number of nitrogens with zero attached hydrogens (tertiary/aromatic N) is 1. The van der Waals surface area contributed by atoms with E-state index in [2.05, 4.69) is 26.1 Å². The Morgan fingerprint density at radius 2 is 1.77 bits per heavy atom. The SMILES string of the molecule is CC(=O)N(CC(=O)Nc1cc(Cl)ccc1C)c1ccccc1C(C)(C)C. The number of hydrogen-bond donors (Lipinski definition) is 1. The third-order valence-corrected chi connectivity index (χ3v) is 4.39. The lowest BCUT2D eigenvalue weighted by atomic mass is 9.85. The molecular weight excluding hydrogens is 348 g/mol. The number of para-hydroxylation sites is 1. The maximum absolute atomic E-state index is 12.6. The number of amides is 2. The van der Waals surface area contributed by atoms with Crippen molar-refractivity contribution in [1.29, 1.82) is 0 Å². The molecule has 0 spiro atoms. The number of aryl methyl sites for hydroxylation is 1. The fraction of sp³-hybridized carbons (Fsp3) is 0.333. The van der Waals surface area contributed by atoms with E-state index >= 15 is 0 Å². The van der Waals surface area contributed by atoms with Crippen molar-refractivity contribution in [2.24, 2.45) is 0 Å². The van der Waals surface area contributed by atoms with Crippen LogP contribution in [-0.2, 0) is 15.0 Å². The van der Waals surface area contributed by atoms with Gasteiger partial charge in [0, 0.05) is 23.3 Å². The molecule has 0 unspecified atom stereocenters. The number of carbonyl (C=O) groups is 2. The Balaban J connectivity index is 2.28. The second-order valence-electron chi connectivity index (χ2n) is 7.38. The van der Waals surface area contributed by atoms with Crippen molar-refractivity contribution in [3.05, 3.63) is 58.6 Å². The predicted octanol–water partition coefficient (Wildman–Crippen LogP) is 4.94. The van der Waals surface area contributed by atoms with Gasteiger partial charge in [-0.25, -0.2) is 0 Å². The molecule has 0 saturated carbocycles. The molecule has 1 N–H and O–H groups in total. The molecule has 0 aliphatic rings. The largest absolute Gasteiger partial charge is 0.324 e. The van der Waals surface area contributed by atoms with Crippen molar-refractivity contribution < 1.29 is 9.59 Å². The molecule has 4 nitrogen and oxygen atoms in total. The van der Waals surface area contributed by atoms with Crippen LogP contribution in [0.1, 0.15) is 38.8 Å². The zero-order chi connectivity index (χ0) is 19.5. The van der Waals surface area contributed by atoms with Crippen LogP contribution in [0.25, 0.3) is 0 Å². The quantitative estimate of drug-likeness (QED) is 0.826. The van der Waals surface area contributed by atoms with Gasteiger partial charge in [-0.1, -0.05) is 56.6 Å². The molecule has 2 amide bonds. The van der Waals surface area contributed by atoms with E-state index in [4.69, 9.17) is 11.6 Å². The lowest BCUT2D eigenvalue weighted by Gasteiger charge is -2.29. The van der Waals surface area contributed by atoms with E-state index in [1.54, 1.807) is 12.1 Å². The Kier molecular flexibility index (Phi) is 6.09. The minimum absolute atomic E-state index is 0.0611. The summed E-state index contributed by atoms with van der Waals surface area (Å²) >= 11 is 6.01. The van der Waals surface area contributed by atoms with Crippen molar-refractivity contribution in [3.63, 3.8) is 0 Å². The summed E-state index contributed by atoms with van der Waals surface area (Å²) in [6.07, 6.45) is 0. The number of rotatable bonds is 4. The smallest absolute Gasteiger partial charge is 0.244 e. The molecule has 0 aliphatic carbocycles. The normalized spacial score (nSPS) is 11.2. The molecule has 0 aliphatic heterocycles. The van der Waals surface area contributed by atoms with Gasteiger partial charge in [0.25, 0.3) is 0 Å². The second kappa shape index (κ2) is 7.92. The highest BCUT2D eigenvalue weighted by molar-refractivity contribution is 6.31. The van der Waals surface area contributed by atoms with Crippen LogP contribution in [0, 0.1) is 6.92 Å². The number of anilines is 2. The van der Waals surface area contributed by atoms with E-state index in [9.17, 15) is 9.59 Å². The molecule has 0 aromatic heterocycles. The first-order valence-electron chi connectivity index (χ1n) is 8.53. The minimum Gasteiger partial charge on any atom is -0.324 e. The van der Waals surface area contributed by atoms with Crippen LogP contribution in [0.15, 0.2) is 42.5 Å². The van der Waals surface area contributed by atoms with Gasteiger partial charge >= 0.3 is 0 Å². The van der Waals surface area contributed by atoms with Crippen LogP contribution in [0.4, 0.5) is 11.4 Å². The molecule has 0 atom stereocenters. The average molecular weight is 373 g/mol. The lowest BCUT2D eigenvalue weighted by molar-refractivity contribution is -0.120. The topological polar surface area (TPSA) is 49.4 Å². The Morgan fingerprint density at radius 3 is 2.38 bits per heavy atom. The molecule has 2 rings (SSSR count). The summed E-state index contributed by atoms with van der Waals surface area (Å²) in [5.74, 6) is -0.450. The molecule has 0 radical (unpaired) electrons. The van der Waals surface area contributed by atoms with Crippen LogP contribution in [-0.4, -0.2) is 18.4 Å². The van der Waals surface area contributed by atoms with Crippen molar-refractivity contribution in [1.82, 2.24) is 0 Å². The highest BCUT2D eigenvalue weighted by atomic mass is 35.5. The average Bonchev–Trinajstić information content (AvgIpc) is 2.55. The number of halogens is 1. The summed E-state index contributed by atoms with van der Waals surface area (Å²) in [4.78, 5) is 26.3. The first-order valence-corrected chi connectivity index (χ1v) is 8.91. The van der Waals surface area contributed by atoms with Gasteiger partial charge in [-0.05, 0) is 41.7 Å². The molecule has 2 aromatic carbocycles. The maximum Gasteiger partial charge on any atom is 0.244 e. The first-order chi connectivity index (χ1) is 12.1. The van der Waals surface area contributed by atoms with Crippen molar-refractivity contribution in [2.75, 3.05) is 16.8 Å². The summed E-state index contributed by atoms with van der Waals surface area (Å²) in [5.41, 5.74) is 3.18. The highest BCUT2D eigenvalue weighted by Crippen LogP contribution is 2.32. The van der Waals surface area contributed by atoms with E-state index in [0.717, 1.165) is 16.8 Å². The molecule has 0 saturated heterocycles. The first kappa shape index (κ1) is 20.0. The van der Waals surface area contributed by atoms with Crippen molar-refractivity contribution in [2.45, 2.75) is 40.0 Å². The summed E-state index contributed by atoms with van der Waals surface area (Å²) in [6, 6.07) is 13.0.